The van der Waals surface area contributed by atoms with Crippen LogP contribution in [0.1, 0.15) is 24.8 Å². The van der Waals surface area contributed by atoms with Crippen molar-refractivity contribution in [2.24, 2.45) is 10.7 Å². The Balaban J connectivity index is 1.81. The highest BCUT2D eigenvalue weighted by atomic mass is 35.5. The molecular formula is C22H22ClFN6. The molecule has 4 rings (SSSR count). The number of benzene rings is 2. The first-order valence-corrected chi connectivity index (χ1v) is 10.2. The fourth-order valence-electron chi connectivity index (χ4n) is 3.48. The van der Waals surface area contributed by atoms with Gasteiger partial charge in [-0.05, 0) is 43.5 Å². The van der Waals surface area contributed by atoms with Crippen molar-refractivity contribution < 1.29 is 4.39 Å². The van der Waals surface area contributed by atoms with Gasteiger partial charge in [-0.25, -0.2) is 9.37 Å². The highest BCUT2D eigenvalue weighted by Gasteiger charge is 2.17. The monoisotopic (exact) mass is 424 g/mol. The van der Waals surface area contributed by atoms with E-state index in [0.29, 0.717) is 22.0 Å². The van der Waals surface area contributed by atoms with E-state index in [-0.39, 0.29) is 11.8 Å². The summed E-state index contributed by atoms with van der Waals surface area (Å²) in [6.07, 6.45) is 3.41. The highest BCUT2D eigenvalue weighted by Crippen LogP contribution is 2.31. The lowest BCUT2D eigenvalue weighted by molar-refractivity contribution is 0.573. The first-order chi connectivity index (χ1) is 14.5. The Hall–Kier alpha value is -3.19. The third-order valence-electron chi connectivity index (χ3n) is 5.04. The molecule has 0 radical (unpaired) electrons. The van der Waals surface area contributed by atoms with Gasteiger partial charge in [-0.1, -0.05) is 29.8 Å². The molecule has 4 N–H and O–H groups in total. The summed E-state index contributed by atoms with van der Waals surface area (Å²) in [4.78, 5) is 15.7. The molecule has 1 aliphatic rings. The molecule has 0 aliphatic carbocycles. The zero-order valence-electron chi connectivity index (χ0n) is 16.4. The van der Waals surface area contributed by atoms with Crippen LogP contribution in [0.2, 0.25) is 5.02 Å². The Kier molecular flexibility index (Phi) is 5.81. The smallest absolute Gasteiger partial charge is 0.253 e. The highest BCUT2D eigenvalue weighted by molar-refractivity contribution is 6.33. The van der Waals surface area contributed by atoms with Crippen LogP contribution in [0.4, 0.5) is 21.8 Å². The molecule has 0 unspecified atom stereocenters. The Morgan fingerprint density at radius 1 is 1.03 bits per heavy atom. The summed E-state index contributed by atoms with van der Waals surface area (Å²) in [5.74, 6) is 0.539. The van der Waals surface area contributed by atoms with E-state index in [1.807, 2.05) is 30.3 Å². The summed E-state index contributed by atoms with van der Waals surface area (Å²) in [6.45, 7) is 1.82. The van der Waals surface area contributed by atoms with Crippen LogP contribution >= 0.6 is 11.6 Å². The predicted octanol–water partition coefficient (Wildman–Crippen LogP) is 4.55. The van der Waals surface area contributed by atoms with Crippen LogP contribution < -0.4 is 16.4 Å². The molecule has 8 heteroatoms. The quantitative estimate of drug-likeness (QED) is 0.364. The van der Waals surface area contributed by atoms with Gasteiger partial charge in [0.05, 0.1) is 5.69 Å². The second-order valence-corrected chi connectivity index (χ2v) is 7.57. The number of aromatic nitrogens is 2. The average Bonchev–Trinajstić information content (AvgIpc) is 2.76. The van der Waals surface area contributed by atoms with Crippen molar-refractivity contribution in [3.8, 4) is 11.3 Å². The Labute approximate surface area is 179 Å². The Morgan fingerprint density at radius 2 is 1.80 bits per heavy atom. The maximum Gasteiger partial charge on any atom is 0.253 e. The van der Waals surface area contributed by atoms with Gasteiger partial charge in [0.2, 0.25) is 0 Å². The third kappa shape index (κ3) is 4.36. The second kappa shape index (κ2) is 8.67. The van der Waals surface area contributed by atoms with Gasteiger partial charge in [0.15, 0.2) is 0 Å². The van der Waals surface area contributed by atoms with Gasteiger partial charge in [-0.15, -0.1) is 0 Å². The van der Waals surface area contributed by atoms with Crippen LogP contribution in [0.3, 0.4) is 0 Å². The number of nitrogen functional groups attached to an aromatic ring is 1. The molecule has 1 saturated heterocycles. The van der Waals surface area contributed by atoms with Crippen molar-refractivity contribution in [1.82, 2.24) is 9.97 Å². The van der Waals surface area contributed by atoms with Gasteiger partial charge in [0.1, 0.15) is 17.5 Å². The van der Waals surface area contributed by atoms with E-state index in [1.54, 1.807) is 0 Å². The van der Waals surface area contributed by atoms with Crippen molar-refractivity contribution >= 4 is 34.9 Å². The first kappa shape index (κ1) is 20.1. The van der Waals surface area contributed by atoms with E-state index < -0.39 is 5.82 Å². The minimum atomic E-state index is -0.447. The standard InChI is InChI=1S/C22H22ClFN6/c23-17-7-3-2-6-15(17)19-13-20(30-10-4-1-5-11-30)28-22(27-19)29-21(26)16-12-14(24)8-9-18(16)25/h2-3,6-9,12-13H,1,4-5,10-11,25H2,(H2,26,27,28,29). The lowest BCUT2D eigenvalue weighted by Crippen LogP contribution is -2.30. The number of anilines is 2. The SMILES string of the molecule is N/C(=N\c1nc(-c2ccccc2Cl)cc(N2CCCCC2)n1)c1cc(F)ccc1N. The summed E-state index contributed by atoms with van der Waals surface area (Å²) in [5.41, 5.74) is 14.1. The lowest BCUT2D eigenvalue weighted by atomic mass is 10.1. The molecule has 3 aromatic rings. The number of hydrogen-bond donors (Lipinski definition) is 2. The summed E-state index contributed by atoms with van der Waals surface area (Å²) in [6, 6.07) is 13.4. The third-order valence-corrected chi connectivity index (χ3v) is 5.37. The van der Waals surface area contributed by atoms with E-state index in [1.165, 1.54) is 24.6 Å². The van der Waals surface area contributed by atoms with Gasteiger partial charge in [0, 0.05) is 41.0 Å². The van der Waals surface area contributed by atoms with Gasteiger partial charge >= 0.3 is 0 Å². The number of nitrogens with two attached hydrogens (primary N) is 2. The van der Waals surface area contributed by atoms with Crippen molar-refractivity contribution in [2.75, 3.05) is 23.7 Å². The molecule has 2 heterocycles. The molecule has 0 amide bonds. The fraction of sp³-hybridized carbons (Fsp3) is 0.227. The van der Waals surface area contributed by atoms with E-state index >= 15 is 0 Å². The van der Waals surface area contributed by atoms with E-state index in [2.05, 4.69) is 19.9 Å². The summed E-state index contributed by atoms with van der Waals surface area (Å²) >= 11 is 6.40. The normalized spacial score (nSPS) is 14.7. The molecular weight excluding hydrogens is 403 g/mol. The molecule has 0 atom stereocenters. The average molecular weight is 425 g/mol. The molecule has 154 valence electrons. The van der Waals surface area contributed by atoms with Crippen LogP contribution in [-0.4, -0.2) is 28.9 Å². The number of piperidine rings is 1. The van der Waals surface area contributed by atoms with E-state index in [4.69, 9.17) is 23.1 Å². The summed E-state index contributed by atoms with van der Waals surface area (Å²) in [5, 5.41) is 0.582. The second-order valence-electron chi connectivity index (χ2n) is 7.17. The summed E-state index contributed by atoms with van der Waals surface area (Å²) in [7, 11) is 0. The van der Waals surface area contributed by atoms with Gasteiger partial charge in [-0.3, -0.25) is 0 Å². The number of halogens is 2. The number of amidine groups is 1. The molecule has 30 heavy (non-hydrogen) atoms. The number of aliphatic imine (C=N–C) groups is 1. The van der Waals surface area contributed by atoms with Crippen molar-refractivity contribution in [3.63, 3.8) is 0 Å². The van der Waals surface area contributed by atoms with E-state index in [9.17, 15) is 4.39 Å². The minimum absolute atomic E-state index is 0.0490. The zero-order valence-corrected chi connectivity index (χ0v) is 17.1. The van der Waals surface area contributed by atoms with Crippen LogP contribution in [0.25, 0.3) is 11.3 Å². The minimum Gasteiger partial charge on any atom is -0.398 e. The Morgan fingerprint density at radius 3 is 2.57 bits per heavy atom. The first-order valence-electron chi connectivity index (χ1n) is 9.80. The number of hydrogen-bond acceptors (Lipinski definition) is 5. The number of rotatable bonds is 4. The van der Waals surface area contributed by atoms with Gasteiger partial charge in [0.25, 0.3) is 5.95 Å². The molecule has 2 aromatic carbocycles. The topological polar surface area (TPSA) is 93.4 Å². The molecule has 1 fully saturated rings. The molecule has 6 nitrogen and oxygen atoms in total. The largest absolute Gasteiger partial charge is 0.398 e. The van der Waals surface area contributed by atoms with Gasteiger partial charge < -0.3 is 16.4 Å². The van der Waals surface area contributed by atoms with Gasteiger partial charge in [-0.2, -0.15) is 9.98 Å². The summed E-state index contributed by atoms with van der Waals surface area (Å²) < 4.78 is 13.7. The van der Waals surface area contributed by atoms with Crippen molar-refractivity contribution in [1.29, 1.82) is 0 Å². The Bertz CT molecular complexity index is 1090. The van der Waals surface area contributed by atoms with Crippen molar-refractivity contribution in [3.05, 3.63) is 64.9 Å². The molecule has 0 bridgehead atoms. The molecule has 1 aliphatic heterocycles. The van der Waals surface area contributed by atoms with E-state index in [0.717, 1.165) is 37.3 Å². The maximum atomic E-state index is 13.7. The van der Waals surface area contributed by atoms with Crippen LogP contribution in [0, 0.1) is 5.82 Å². The zero-order chi connectivity index (χ0) is 21.1. The predicted molar refractivity (Wildman–Crippen MR) is 120 cm³/mol. The maximum absolute atomic E-state index is 13.7. The van der Waals surface area contributed by atoms with Crippen LogP contribution in [0.15, 0.2) is 53.5 Å². The molecule has 0 saturated carbocycles. The fourth-order valence-corrected chi connectivity index (χ4v) is 3.71. The van der Waals surface area contributed by atoms with Crippen LogP contribution in [-0.2, 0) is 0 Å². The molecule has 0 spiro atoms. The lowest BCUT2D eigenvalue weighted by Gasteiger charge is -2.28. The van der Waals surface area contributed by atoms with Crippen molar-refractivity contribution in [2.45, 2.75) is 19.3 Å². The molecule has 1 aromatic heterocycles. The number of nitrogens with zero attached hydrogens (tertiary/aromatic N) is 4. The van der Waals surface area contributed by atoms with Crippen LogP contribution in [0.5, 0.6) is 0 Å².